The first-order valence-electron chi connectivity index (χ1n) is 8.94. The van der Waals surface area contributed by atoms with E-state index < -0.39 is 0 Å². The second-order valence-electron chi connectivity index (χ2n) is 7.09. The molecule has 2 aromatic rings. The molecule has 0 bridgehead atoms. The molecule has 1 fully saturated rings. The maximum absolute atomic E-state index is 6.24. The van der Waals surface area contributed by atoms with E-state index >= 15 is 0 Å². The summed E-state index contributed by atoms with van der Waals surface area (Å²) in [6.45, 7) is 2.66. The van der Waals surface area contributed by atoms with Gasteiger partial charge in [0.2, 0.25) is 0 Å². The van der Waals surface area contributed by atoms with E-state index in [9.17, 15) is 0 Å². The quantitative estimate of drug-likeness (QED) is 0.854. The first kappa shape index (κ1) is 16.0. The number of nitrogens with zero attached hydrogens (tertiary/aromatic N) is 5. The van der Waals surface area contributed by atoms with E-state index in [1.165, 1.54) is 43.4 Å². The molecular weight excluding hydrogens is 322 g/mol. The Kier molecular flexibility index (Phi) is 4.55. The zero-order chi connectivity index (χ0) is 16.5. The normalized spacial score (nSPS) is 19.4. The molecule has 0 aromatic carbocycles. The molecule has 1 aliphatic heterocycles. The number of halogens is 1. The van der Waals surface area contributed by atoms with Gasteiger partial charge < -0.3 is 0 Å². The van der Waals surface area contributed by atoms with Gasteiger partial charge in [-0.15, -0.1) is 0 Å². The fraction of sp³-hybridized carbons (Fsp3) is 0.611. The highest BCUT2D eigenvalue weighted by atomic mass is 35.5. The van der Waals surface area contributed by atoms with Crippen molar-refractivity contribution in [3.05, 3.63) is 40.2 Å². The molecule has 0 spiro atoms. The Labute approximate surface area is 148 Å². The molecular formula is C18H24ClN5. The fourth-order valence-corrected chi connectivity index (χ4v) is 4.15. The Hall–Kier alpha value is -1.46. The smallest absolute Gasteiger partial charge is 0.131 e. The van der Waals surface area contributed by atoms with Crippen LogP contribution in [0.5, 0.6) is 0 Å². The van der Waals surface area contributed by atoms with Gasteiger partial charge in [-0.25, -0.2) is 9.97 Å². The van der Waals surface area contributed by atoms with Crippen LogP contribution in [0.15, 0.2) is 12.4 Å². The Bertz CT molecular complexity index is 720. The zero-order valence-corrected chi connectivity index (χ0v) is 15.0. The maximum atomic E-state index is 6.24. The summed E-state index contributed by atoms with van der Waals surface area (Å²) >= 11 is 6.24. The minimum atomic E-state index is 0.578. The van der Waals surface area contributed by atoms with E-state index in [2.05, 4.69) is 16.2 Å². The summed E-state index contributed by atoms with van der Waals surface area (Å²) in [4.78, 5) is 12.0. The standard InChI is InChI=1S/C18H24ClN5/c1-23-11-15(19)17(22-23)12-24-8-7-16-14(10-24)9-20-18(21-16)13-5-3-2-4-6-13/h9,11,13H,2-8,10,12H2,1H3. The van der Waals surface area contributed by atoms with E-state index in [-0.39, 0.29) is 0 Å². The zero-order valence-electron chi connectivity index (χ0n) is 14.2. The van der Waals surface area contributed by atoms with E-state index in [4.69, 9.17) is 21.6 Å². The van der Waals surface area contributed by atoms with Crippen molar-refractivity contribution in [2.24, 2.45) is 7.05 Å². The van der Waals surface area contributed by atoms with Gasteiger partial charge in [0, 0.05) is 62.7 Å². The summed E-state index contributed by atoms with van der Waals surface area (Å²) in [6.07, 6.45) is 11.4. The Morgan fingerprint density at radius 3 is 2.83 bits per heavy atom. The summed E-state index contributed by atoms with van der Waals surface area (Å²) < 4.78 is 1.77. The molecule has 1 saturated carbocycles. The molecule has 5 nitrogen and oxygen atoms in total. The molecule has 128 valence electrons. The lowest BCUT2D eigenvalue weighted by atomic mass is 9.88. The lowest BCUT2D eigenvalue weighted by Crippen LogP contribution is -2.31. The number of hydrogen-bond acceptors (Lipinski definition) is 4. The van der Waals surface area contributed by atoms with E-state index in [1.807, 2.05) is 13.2 Å². The van der Waals surface area contributed by atoms with Crippen molar-refractivity contribution in [2.45, 2.75) is 57.5 Å². The number of aromatic nitrogens is 4. The molecule has 6 heteroatoms. The van der Waals surface area contributed by atoms with Gasteiger partial charge in [0.25, 0.3) is 0 Å². The summed E-state index contributed by atoms with van der Waals surface area (Å²) in [6, 6.07) is 0. The molecule has 0 N–H and O–H groups in total. The van der Waals surface area contributed by atoms with Crippen LogP contribution < -0.4 is 0 Å². The predicted octanol–water partition coefficient (Wildman–Crippen LogP) is 3.47. The van der Waals surface area contributed by atoms with Crippen molar-refractivity contribution in [3.63, 3.8) is 0 Å². The number of aryl methyl sites for hydroxylation is 1. The summed E-state index contributed by atoms with van der Waals surface area (Å²) in [5, 5.41) is 5.19. The van der Waals surface area contributed by atoms with Crippen molar-refractivity contribution in [3.8, 4) is 0 Å². The van der Waals surface area contributed by atoms with Crippen LogP contribution in [0.2, 0.25) is 5.02 Å². The first-order valence-corrected chi connectivity index (χ1v) is 9.32. The van der Waals surface area contributed by atoms with Gasteiger partial charge >= 0.3 is 0 Å². The van der Waals surface area contributed by atoms with Gasteiger partial charge in [0.1, 0.15) is 5.82 Å². The van der Waals surface area contributed by atoms with Crippen LogP contribution in [0.25, 0.3) is 0 Å². The van der Waals surface area contributed by atoms with Crippen LogP contribution in [0.4, 0.5) is 0 Å². The van der Waals surface area contributed by atoms with Crippen molar-refractivity contribution in [1.82, 2.24) is 24.6 Å². The van der Waals surface area contributed by atoms with Gasteiger partial charge in [-0.2, -0.15) is 5.10 Å². The Morgan fingerprint density at radius 2 is 2.08 bits per heavy atom. The largest absolute Gasteiger partial charge is 0.293 e. The van der Waals surface area contributed by atoms with Crippen LogP contribution in [0.1, 0.15) is 60.8 Å². The SMILES string of the molecule is Cn1cc(Cl)c(CN2CCc3nc(C4CCCCC4)ncc3C2)n1. The van der Waals surface area contributed by atoms with Crippen molar-refractivity contribution < 1.29 is 0 Å². The molecule has 1 aliphatic carbocycles. The average molecular weight is 346 g/mol. The molecule has 2 aromatic heterocycles. The van der Waals surface area contributed by atoms with Crippen LogP contribution in [-0.2, 0) is 26.6 Å². The highest BCUT2D eigenvalue weighted by Gasteiger charge is 2.23. The minimum Gasteiger partial charge on any atom is -0.293 e. The van der Waals surface area contributed by atoms with E-state index in [0.717, 1.165) is 42.6 Å². The molecule has 4 rings (SSSR count). The predicted molar refractivity (Wildman–Crippen MR) is 93.9 cm³/mol. The van der Waals surface area contributed by atoms with Gasteiger partial charge in [0.05, 0.1) is 10.7 Å². The lowest BCUT2D eigenvalue weighted by Gasteiger charge is -2.28. The summed E-state index contributed by atoms with van der Waals surface area (Å²) in [5.74, 6) is 1.66. The number of fused-ring (bicyclic) bond motifs is 1. The summed E-state index contributed by atoms with van der Waals surface area (Å²) in [5.41, 5.74) is 3.45. The van der Waals surface area contributed by atoms with Crippen molar-refractivity contribution in [1.29, 1.82) is 0 Å². The van der Waals surface area contributed by atoms with Crippen LogP contribution in [-0.4, -0.2) is 31.2 Å². The molecule has 0 unspecified atom stereocenters. The van der Waals surface area contributed by atoms with Crippen LogP contribution in [0.3, 0.4) is 0 Å². The van der Waals surface area contributed by atoms with E-state index in [1.54, 1.807) is 4.68 Å². The maximum Gasteiger partial charge on any atom is 0.131 e. The second-order valence-corrected chi connectivity index (χ2v) is 7.50. The molecule has 2 aliphatic rings. The van der Waals surface area contributed by atoms with Crippen LogP contribution in [0, 0.1) is 0 Å². The van der Waals surface area contributed by atoms with Crippen molar-refractivity contribution >= 4 is 11.6 Å². The lowest BCUT2D eigenvalue weighted by molar-refractivity contribution is 0.239. The third-order valence-corrected chi connectivity index (χ3v) is 5.55. The van der Waals surface area contributed by atoms with E-state index in [0.29, 0.717) is 5.92 Å². The van der Waals surface area contributed by atoms with Crippen molar-refractivity contribution in [2.75, 3.05) is 6.54 Å². The van der Waals surface area contributed by atoms with Gasteiger partial charge in [-0.3, -0.25) is 9.58 Å². The molecule has 3 heterocycles. The molecule has 0 radical (unpaired) electrons. The summed E-state index contributed by atoms with van der Waals surface area (Å²) in [7, 11) is 1.90. The molecule has 0 amide bonds. The fourth-order valence-electron chi connectivity index (χ4n) is 3.91. The monoisotopic (exact) mass is 345 g/mol. The van der Waals surface area contributed by atoms with Gasteiger partial charge in [-0.1, -0.05) is 30.9 Å². The minimum absolute atomic E-state index is 0.578. The molecule has 0 saturated heterocycles. The topological polar surface area (TPSA) is 46.8 Å². The number of rotatable bonds is 3. The third-order valence-electron chi connectivity index (χ3n) is 5.23. The molecule has 0 atom stereocenters. The molecule has 24 heavy (non-hydrogen) atoms. The Balaban J connectivity index is 1.46. The van der Waals surface area contributed by atoms with Gasteiger partial charge in [-0.05, 0) is 12.8 Å². The van der Waals surface area contributed by atoms with Crippen LogP contribution >= 0.6 is 11.6 Å². The highest BCUT2D eigenvalue weighted by molar-refractivity contribution is 6.31. The first-order chi connectivity index (χ1) is 11.7. The average Bonchev–Trinajstić information content (AvgIpc) is 2.92. The van der Waals surface area contributed by atoms with Gasteiger partial charge in [0.15, 0.2) is 0 Å². The third kappa shape index (κ3) is 3.33. The number of hydrogen-bond donors (Lipinski definition) is 0. The second kappa shape index (κ2) is 6.81. The Morgan fingerprint density at radius 1 is 1.25 bits per heavy atom. The highest BCUT2D eigenvalue weighted by Crippen LogP contribution is 2.31.